The normalized spacial score (nSPS) is 10.3. The summed E-state index contributed by atoms with van der Waals surface area (Å²) < 4.78 is 13.1. The van der Waals surface area contributed by atoms with Crippen molar-refractivity contribution in [1.82, 2.24) is 15.0 Å². The highest BCUT2D eigenvalue weighted by Gasteiger charge is 2.10. The van der Waals surface area contributed by atoms with Crippen LogP contribution in [0.15, 0.2) is 29.0 Å². The van der Waals surface area contributed by atoms with Crippen molar-refractivity contribution < 1.29 is 9.47 Å². The summed E-state index contributed by atoms with van der Waals surface area (Å²) in [6.45, 7) is 0.638. The van der Waals surface area contributed by atoms with Gasteiger partial charge in [-0.1, -0.05) is 5.21 Å². The molecular formula is C11H12BrN3O2. The third-order valence-corrected chi connectivity index (χ3v) is 2.90. The first-order chi connectivity index (χ1) is 8.24. The van der Waals surface area contributed by atoms with Gasteiger partial charge in [0.15, 0.2) is 11.5 Å². The molecule has 0 N–H and O–H groups in total. The molecule has 0 amide bonds. The average molecular weight is 298 g/mol. The van der Waals surface area contributed by atoms with Crippen molar-refractivity contribution in [3.8, 4) is 11.5 Å². The molecule has 0 radical (unpaired) electrons. The van der Waals surface area contributed by atoms with Gasteiger partial charge in [-0.2, -0.15) is 0 Å². The van der Waals surface area contributed by atoms with E-state index in [0.717, 1.165) is 10.0 Å². The summed E-state index contributed by atoms with van der Waals surface area (Å²) >= 11 is 3.45. The smallest absolute Gasteiger partial charge is 0.174 e. The number of hydrogen-bond acceptors (Lipinski definition) is 4. The number of aromatic nitrogens is 3. The van der Waals surface area contributed by atoms with Crippen LogP contribution in [-0.4, -0.2) is 29.2 Å². The predicted octanol–water partition coefficient (Wildman–Crippen LogP) is 2.11. The maximum Gasteiger partial charge on any atom is 0.174 e. The molecule has 0 atom stereocenters. The quantitative estimate of drug-likeness (QED) is 0.867. The lowest BCUT2D eigenvalue weighted by atomic mass is 10.2. The Morgan fingerprint density at radius 3 is 2.71 bits per heavy atom. The summed E-state index contributed by atoms with van der Waals surface area (Å²) in [5, 5.41) is 7.68. The minimum atomic E-state index is 0.638. The van der Waals surface area contributed by atoms with Crippen molar-refractivity contribution in [2.45, 2.75) is 6.54 Å². The summed E-state index contributed by atoms with van der Waals surface area (Å²) in [6.07, 6.45) is 3.46. The molecule has 0 saturated heterocycles. The maximum absolute atomic E-state index is 5.28. The molecule has 0 bridgehead atoms. The molecule has 1 aromatic carbocycles. The molecule has 6 heteroatoms. The van der Waals surface area contributed by atoms with Crippen LogP contribution in [0.1, 0.15) is 5.56 Å². The van der Waals surface area contributed by atoms with E-state index in [-0.39, 0.29) is 0 Å². The van der Waals surface area contributed by atoms with E-state index in [0.29, 0.717) is 18.0 Å². The Bertz CT molecular complexity index is 500. The SMILES string of the molecule is COc1cc(Cn2ccnn2)cc(Br)c1OC. The van der Waals surface area contributed by atoms with Crippen LogP contribution in [0.25, 0.3) is 0 Å². The third kappa shape index (κ3) is 2.58. The number of rotatable bonds is 4. The van der Waals surface area contributed by atoms with Gasteiger partial charge in [-0.3, -0.25) is 0 Å². The monoisotopic (exact) mass is 297 g/mol. The van der Waals surface area contributed by atoms with Crippen molar-refractivity contribution in [3.63, 3.8) is 0 Å². The molecule has 0 aliphatic rings. The lowest BCUT2D eigenvalue weighted by molar-refractivity contribution is 0.352. The second-order valence-corrected chi connectivity index (χ2v) is 4.27. The lowest BCUT2D eigenvalue weighted by Gasteiger charge is -2.11. The summed E-state index contributed by atoms with van der Waals surface area (Å²) in [7, 11) is 3.23. The number of ether oxygens (including phenoxy) is 2. The first-order valence-electron chi connectivity index (χ1n) is 4.99. The topological polar surface area (TPSA) is 49.2 Å². The Hall–Kier alpha value is -1.56. The minimum absolute atomic E-state index is 0.638. The predicted molar refractivity (Wildman–Crippen MR) is 66.4 cm³/mol. The Morgan fingerprint density at radius 2 is 2.12 bits per heavy atom. The van der Waals surface area contributed by atoms with E-state index < -0.39 is 0 Å². The Morgan fingerprint density at radius 1 is 1.29 bits per heavy atom. The molecule has 0 aliphatic heterocycles. The molecular weight excluding hydrogens is 286 g/mol. The Balaban J connectivity index is 2.33. The van der Waals surface area contributed by atoms with E-state index in [1.807, 2.05) is 18.3 Å². The average Bonchev–Trinajstić information content (AvgIpc) is 2.81. The van der Waals surface area contributed by atoms with Crippen molar-refractivity contribution in [1.29, 1.82) is 0 Å². The van der Waals surface area contributed by atoms with E-state index in [9.17, 15) is 0 Å². The Kier molecular flexibility index (Phi) is 3.63. The van der Waals surface area contributed by atoms with Crippen LogP contribution in [-0.2, 0) is 6.54 Å². The van der Waals surface area contributed by atoms with Gasteiger partial charge in [0, 0.05) is 6.20 Å². The molecule has 2 rings (SSSR count). The van der Waals surface area contributed by atoms with Crippen molar-refractivity contribution >= 4 is 15.9 Å². The van der Waals surface area contributed by atoms with Gasteiger partial charge in [-0.25, -0.2) is 4.68 Å². The Labute approximate surface area is 107 Å². The van der Waals surface area contributed by atoms with Crippen LogP contribution in [0.2, 0.25) is 0 Å². The highest BCUT2D eigenvalue weighted by atomic mass is 79.9. The first kappa shape index (κ1) is 11.9. The van der Waals surface area contributed by atoms with Gasteiger partial charge in [0.1, 0.15) is 0 Å². The van der Waals surface area contributed by atoms with Crippen LogP contribution in [0.5, 0.6) is 11.5 Å². The van der Waals surface area contributed by atoms with Crippen LogP contribution in [0, 0.1) is 0 Å². The molecule has 0 fully saturated rings. The van der Waals surface area contributed by atoms with E-state index in [1.54, 1.807) is 25.1 Å². The van der Waals surface area contributed by atoms with E-state index in [1.165, 1.54) is 0 Å². The first-order valence-corrected chi connectivity index (χ1v) is 5.78. The molecule has 5 nitrogen and oxygen atoms in total. The van der Waals surface area contributed by atoms with Crippen LogP contribution in [0.3, 0.4) is 0 Å². The molecule has 1 heterocycles. The zero-order valence-corrected chi connectivity index (χ0v) is 11.1. The number of nitrogens with zero attached hydrogens (tertiary/aromatic N) is 3. The van der Waals surface area contributed by atoms with Gasteiger partial charge in [-0.05, 0) is 33.6 Å². The van der Waals surface area contributed by atoms with Gasteiger partial charge in [-0.15, -0.1) is 5.10 Å². The number of halogens is 1. The van der Waals surface area contributed by atoms with Crippen LogP contribution < -0.4 is 9.47 Å². The van der Waals surface area contributed by atoms with Gasteiger partial charge < -0.3 is 9.47 Å². The minimum Gasteiger partial charge on any atom is -0.493 e. The molecule has 1 aromatic heterocycles. The maximum atomic E-state index is 5.28. The van der Waals surface area contributed by atoms with Crippen LogP contribution in [0.4, 0.5) is 0 Å². The summed E-state index contributed by atoms with van der Waals surface area (Å²) in [4.78, 5) is 0. The molecule has 90 valence electrons. The second-order valence-electron chi connectivity index (χ2n) is 3.41. The number of methoxy groups -OCH3 is 2. The fourth-order valence-electron chi connectivity index (χ4n) is 1.57. The molecule has 17 heavy (non-hydrogen) atoms. The molecule has 0 saturated carbocycles. The van der Waals surface area contributed by atoms with Crippen molar-refractivity contribution in [2.24, 2.45) is 0 Å². The summed E-state index contributed by atoms with van der Waals surface area (Å²) in [6, 6.07) is 3.90. The third-order valence-electron chi connectivity index (χ3n) is 2.31. The van der Waals surface area contributed by atoms with E-state index in [4.69, 9.17) is 9.47 Å². The molecule has 2 aromatic rings. The van der Waals surface area contributed by atoms with Gasteiger partial charge in [0.2, 0.25) is 0 Å². The zero-order chi connectivity index (χ0) is 12.3. The van der Waals surface area contributed by atoms with Gasteiger partial charge in [0.05, 0.1) is 31.4 Å². The van der Waals surface area contributed by atoms with Crippen molar-refractivity contribution in [2.75, 3.05) is 14.2 Å². The molecule has 0 aliphatic carbocycles. The fourth-order valence-corrected chi connectivity index (χ4v) is 2.22. The van der Waals surface area contributed by atoms with Gasteiger partial charge >= 0.3 is 0 Å². The highest BCUT2D eigenvalue weighted by molar-refractivity contribution is 9.10. The second kappa shape index (κ2) is 5.18. The largest absolute Gasteiger partial charge is 0.493 e. The van der Waals surface area contributed by atoms with Crippen molar-refractivity contribution in [3.05, 3.63) is 34.6 Å². The lowest BCUT2D eigenvalue weighted by Crippen LogP contribution is -2.02. The highest BCUT2D eigenvalue weighted by Crippen LogP contribution is 2.36. The zero-order valence-electron chi connectivity index (χ0n) is 9.55. The van der Waals surface area contributed by atoms with Crippen LogP contribution >= 0.6 is 15.9 Å². The standard InChI is InChI=1S/C11H12BrN3O2/c1-16-10-6-8(5-9(12)11(10)17-2)7-15-4-3-13-14-15/h3-6H,7H2,1-2H3. The van der Waals surface area contributed by atoms with Gasteiger partial charge in [0.25, 0.3) is 0 Å². The van der Waals surface area contributed by atoms with E-state index in [2.05, 4.69) is 26.2 Å². The molecule has 0 unspecified atom stereocenters. The fraction of sp³-hybridized carbons (Fsp3) is 0.273. The number of benzene rings is 1. The summed E-state index contributed by atoms with van der Waals surface area (Å²) in [5.74, 6) is 1.38. The van der Waals surface area contributed by atoms with E-state index >= 15 is 0 Å². The summed E-state index contributed by atoms with van der Waals surface area (Å²) in [5.41, 5.74) is 1.06. The molecule has 0 spiro atoms. The number of hydrogen-bond donors (Lipinski definition) is 0.